The van der Waals surface area contributed by atoms with E-state index in [4.69, 9.17) is 0 Å². The molecular weight excluding hydrogens is 562 g/mol. The third-order valence-corrected chi connectivity index (χ3v) is 11.6. The van der Waals surface area contributed by atoms with Crippen LogP contribution in [0.25, 0.3) is 0 Å². The van der Waals surface area contributed by atoms with E-state index in [0.29, 0.717) is 57.9 Å². The minimum absolute atomic E-state index is 0.0984. The first-order valence-electron chi connectivity index (χ1n) is 14.9. The van der Waals surface area contributed by atoms with Gasteiger partial charge in [-0.1, -0.05) is 44.8 Å². The highest BCUT2D eigenvalue weighted by atomic mass is 32.2. The number of Topliss-reactive ketones (excluding diaryl/α,β-unsaturated/α-hetero) is 1. The molecule has 0 bridgehead atoms. The average molecular weight is 608 g/mol. The summed E-state index contributed by atoms with van der Waals surface area (Å²) >= 11 is 0. The molecule has 1 saturated carbocycles. The Labute approximate surface area is 248 Å². The number of carbonyl (C=O) groups excluding carboxylic acids is 5. The van der Waals surface area contributed by atoms with E-state index in [1.807, 2.05) is 6.92 Å². The lowest BCUT2D eigenvalue weighted by Gasteiger charge is -2.48. The van der Waals surface area contributed by atoms with Crippen LogP contribution in [-0.4, -0.2) is 84.6 Å². The van der Waals surface area contributed by atoms with Gasteiger partial charge in [0.2, 0.25) is 11.8 Å². The van der Waals surface area contributed by atoms with E-state index < -0.39 is 55.7 Å². The Balaban J connectivity index is 1.64. The van der Waals surface area contributed by atoms with Crippen molar-refractivity contribution in [3.63, 3.8) is 0 Å². The van der Waals surface area contributed by atoms with Crippen LogP contribution in [0.15, 0.2) is 24.4 Å². The number of carbonyl (C=O) groups is 5. The molecule has 0 aromatic rings. The number of amides is 5. The van der Waals surface area contributed by atoms with E-state index in [2.05, 4.69) is 27.8 Å². The fourth-order valence-electron chi connectivity index (χ4n) is 6.39. The number of sulfone groups is 1. The van der Waals surface area contributed by atoms with Crippen LogP contribution < -0.4 is 21.3 Å². The van der Waals surface area contributed by atoms with E-state index >= 15 is 0 Å². The van der Waals surface area contributed by atoms with Crippen LogP contribution in [0.4, 0.5) is 4.79 Å². The summed E-state index contributed by atoms with van der Waals surface area (Å²) in [6.45, 7) is 7.13. The minimum atomic E-state index is -3.40. The third-order valence-electron chi connectivity index (χ3n) is 8.85. The maximum Gasteiger partial charge on any atom is 0.315 e. The van der Waals surface area contributed by atoms with Gasteiger partial charge in [-0.05, 0) is 51.9 Å². The predicted octanol–water partition coefficient (Wildman–Crippen LogP) is 1.62. The molecule has 2 atom stereocenters. The number of ketones is 1. The number of hydrogen-bond acceptors (Lipinski definition) is 7. The molecular formula is C29H45N5O7S. The molecule has 1 aliphatic carbocycles. The van der Waals surface area contributed by atoms with Gasteiger partial charge < -0.3 is 26.2 Å². The van der Waals surface area contributed by atoms with E-state index in [1.54, 1.807) is 6.92 Å². The number of hydrogen-bond donors (Lipinski definition) is 4. The van der Waals surface area contributed by atoms with Crippen LogP contribution in [0.3, 0.4) is 0 Å². The lowest BCUT2D eigenvalue weighted by atomic mass is 9.71. The topological polar surface area (TPSA) is 171 Å². The maximum atomic E-state index is 13.2. The molecule has 234 valence electrons. The summed E-state index contributed by atoms with van der Waals surface area (Å²) in [6, 6.07) is -1.49. The summed E-state index contributed by atoms with van der Waals surface area (Å²) in [4.78, 5) is 65.5. The summed E-state index contributed by atoms with van der Waals surface area (Å²) in [6.07, 6.45) is 9.72. The lowest BCUT2D eigenvalue weighted by Crippen LogP contribution is -2.67. The minimum Gasteiger partial charge on any atom is -0.346 e. The van der Waals surface area contributed by atoms with Gasteiger partial charge in [0.15, 0.2) is 9.84 Å². The summed E-state index contributed by atoms with van der Waals surface area (Å²) in [5, 5.41) is 10.5. The zero-order valence-electron chi connectivity index (χ0n) is 24.8. The van der Waals surface area contributed by atoms with E-state index in [9.17, 15) is 32.4 Å². The van der Waals surface area contributed by atoms with E-state index in [1.165, 1.54) is 17.1 Å². The number of rotatable bonds is 12. The van der Waals surface area contributed by atoms with Crippen molar-refractivity contribution < 1.29 is 32.4 Å². The zero-order chi connectivity index (χ0) is 31.0. The predicted molar refractivity (Wildman–Crippen MR) is 158 cm³/mol. The van der Waals surface area contributed by atoms with Crippen molar-refractivity contribution in [1.82, 2.24) is 26.2 Å². The molecule has 0 aromatic heterocycles. The first-order valence-corrected chi connectivity index (χ1v) is 16.6. The van der Waals surface area contributed by atoms with Crippen molar-refractivity contribution in [3.05, 3.63) is 24.4 Å². The average Bonchev–Trinajstić information content (AvgIpc) is 3.57. The second kappa shape index (κ2) is 14.3. The fraction of sp³-hybridized carbons (Fsp3) is 0.690. The van der Waals surface area contributed by atoms with Crippen LogP contribution in [-0.2, 0) is 29.0 Å². The van der Waals surface area contributed by atoms with Gasteiger partial charge in [0.25, 0.3) is 11.7 Å². The van der Waals surface area contributed by atoms with Gasteiger partial charge in [0.1, 0.15) is 6.04 Å². The first-order chi connectivity index (χ1) is 19.9. The number of allylic oxidation sites excluding steroid dienone is 1. The standard InChI is InChI=1S/C29H45N5O7S/c1-4-6-12-21(24(36)26(38)30-17-5-2)32-25(37)22-13-10-18-34(22)23(35)20-31-27(39)33-29(15-8-7-9-16-29)28(3)14-11-19-42(28,40)41/h5,12,22H,2,4,6-11,13-20H2,1,3H3,(H,30,38)(H,32,37)(H2,31,33,39)/b21-12+/t22-,28-/m0/s1. The van der Waals surface area contributed by atoms with Crippen LogP contribution in [0, 0.1) is 0 Å². The van der Waals surface area contributed by atoms with Gasteiger partial charge in [-0.3, -0.25) is 19.2 Å². The molecule has 5 amide bonds. The Morgan fingerprint density at radius 1 is 1.00 bits per heavy atom. The Morgan fingerprint density at radius 3 is 2.33 bits per heavy atom. The van der Waals surface area contributed by atoms with E-state index in [-0.39, 0.29) is 24.5 Å². The van der Waals surface area contributed by atoms with Crippen LogP contribution in [0.5, 0.6) is 0 Å². The summed E-state index contributed by atoms with van der Waals surface area (Å²) in [7, 11) is -3.40. The summed E-state index contributed by atoms with van der Waals surface area (Å²) in [5.41, 5.74) is -1.05. The zero-order valence-corrected chi connectivity index (χ0v) is 25.6. The normalized spacial score (nSPS) is 24.9. The number of urea groups is 1. The van der Waals surface area contributed by atoms with Gasteiger partial charge in [-0.25, -0.2) is 13.2 Å². The molecule has 42 heavy (non-hydrogen) atoms. The van der Waals surface area contributed by atoms with Gasteiger partial charge in [-0.2, -0.15) is 0 Å². The van der Waals surface area contributed by atoms with Crippen molar-refractivity contribution in [1.29, 1.82) is 0 Å². The monoisotopic (exact) mass is 607 g/mol. The number of likely N-dealkylation sites (tertiary alicyclic amines) is 1. The van der Waals surface area contributed by atoms with Gasteiger partial charge >= 0.3 is 6.03 Å². The molecule has 3 aliphatic rings. The number of nitrogens with one attached hydrogen (secondary N) is 4. The number of nitrogens with zero attached hydrogens (tertiary/aromatic N) is 1. The second-order valence-corrected chi connectivity index (χ2v) is 14.1. The SMILES string of the molecule is C=CCNC(=O)C(=O)/C(=C\CCC)NC(=O)[C@@H]1CCCN1C(=O)CNC(=O)NC1([C@]2(C)CCCS2(=O)=O)CCCCC1. The summed E-state index contributed by atoms with van der Waals surface area (Å²) < 4.78 is 25.0. The Hall–Kier alpha value is -3.22. The van der Waals surface area contributed by atoms with Gasteiger partial charge in [-0.15, -0.1) is 6.58 Å². The maximum absolute atomic E-state index is 13.2. The molecule has 0 aromatic carbocycles. The highest BCUT2D eigenvalue weighted by Gasteiger charge is 2.59. The highest BCUT2D eigenvalue weighted by molar-refractivity contribution is 7.93. The van der Waals surface area contributed by atoms with Gasteiger partial charge in [0, 0.05) is 13.1 Å². The Morgan fingerprint density at radius 2 is 1.71 bits per heavy atom. The van der Waals surface area contributed by atoms with Gasteiger partial charge in [0.05, 0.1) is 28.3 Å². The van der Waals surface area contributed by atoms with Crippen molar-refractivity contribution in [3.8, 4) is 0 Å². The number of unbranched alkanes of at least 4 members (excludes halogenated alkanes) is 1. The first kappa shape index (κ1) is 33.3. The largest absolute Gasteiger partial charge is 0.346 e. The third kappa shape index (κ3) is 7.22. The van der Waals surface area contributed by atoms with Crippen molar-refractivity contribution in [2.45, 2.75) is 101 Å². The molecule has 0 unspecified atom stereocenters. The smallest absolute Gasteiger partial charge is 0.315 e. The van der Waals surface area contributed by atoms with E-state index in [0.717, 1.165) is 19.3 Å². The molecule has 13 heteroatoms. The molecule has 0 radical (unpaired) electrons. The van der Waals surface area contributed by atoms with Crippen molar-refractivity contribution in [2.75, 3.05) is 25.4 Å². The molecule has 2 heterocycles. The Bertz CT molecular complexity index is 1210. The molecule has 2 aliphatic heterocycles. The summed E-state index contributed by atoms with van der Waals surface area (Å²) in [5.74, 6) is -2.72. The molecule has 3 rings (SSSR count). The lowest BCUT2D eigenvalue weighted by molar-refractivity contribution is -0.138. The van der Waals surface area contributed by atoms with Crippen LogP contribution in [0.2, 0.25) is 0 Å². The molecule has 0 spiro atoms. The van der Waals surface area contributed by atoms with Crippen molar-refractivity contribution in [2.24, 2.45) is 0 Å². The van der Waals surface area contributed by atoms with Crippen LogP contribution >= 0.6 is 0 Å². The fourth-order valence-corrected chi connectivity index (χ4v) is 8.67. The van der Waals surface area contributed by atoms with Crippen LogP contribution in [0.1, 0.15) is 84.5 Å². The molecule has 4 N–H and O–H groups in total. The second-order valence-electron chi connectivity index (χ2n) is 11.6. The quantitative estimate of drug-likeness (QED) is 0.148. The van der Waals surface area contributed by atoms with Crippen molar-refractivity contribution >= 4 is 39.4 Å². The molecule has 2 saturated heterocycles. The molecule has 3 fully saturated rings. The molecule has 12 nitrogen and oxygen atoms in total. The highest BCUT2D eigenvalue weighted by Crippen LogP contribution is 2.47. The Kier molecular flexibility index (Phi) is 11.3.